The second-order valence-corrected chi connectivity index (χ2v) is 10.5. The number of aryl methyl sites for hydroxylation is 2. The summed E-state index contributed by atoms with van der Waals surface area (Å²) in [4.78, 5) is 26.4. The van der Waals surface area contributed by atoms with Gasteiger partial charge in [-0.25, -0.2) is 13.1 Å². The van der Waals surface area contributed by atoms with Gasteiger partial charge in [0.15, 0.2) is 0 Å². The molecule has 0 fully saturated rings. The molecule has 2 aromatic carbocycles. The maximum Gasteiger partial charge on any atom is 0.471 e. The fourth-order valence-corrected chi connectivity index (χ4v) is 4.66. The first-order valence-electron chi connectivity index (χ1n) is 11.6. The average Bonchev–Trinajstić information content (AvgIpc) is 2.80. The molecule has 0 saturated heterocycles. The Morgan fingerprint density at radius 1 is 1.05 bits per heavy atom. The van der Waals surface area contributed by atoms with Gasteiger partial charge < -0.3 is 9.64 Å². The molecule has 0 heterocycles. The van der Waals surface area contributed by atoms with Crippen LogP contribution in [0.15, 0.2) is 53.4 Å². The molecular weight excluding hydrogens is 511 g/mol. The van der Waals surface area contributed by atoms with Crippen molar-refractivity contribution in [1.82, 2.24) is 14.5 Å². The Morgan fingerprint density at radius 2 is 1.70 bits per heavy atom. The number of carbonyl (C=O) groups excluding carboxylic acids is 2. The summed E-state index contributed by atoms with van der Waals surface area (Å²) in [5, 5.41) is 0. The normalized spacial score (nSPS) is 12.9. The molecule has 1 amide bonds. The van der Waals surface area contributed by atoms with Crippen LogP contribution in [-0.4, -0.2) is 75.6 Å². The number of sulfonamides is 1. The number of amides is 1. The summed E-state index contributed by atoms with van der Waals surface area (Å²) in [7, 11) is -2.56. The van der Waals surface area contributed by atoms with Crippen LogP contribution in [-0.2, 0) is 30.9 Å². The number of rotatable bonds is 12. The number of hydrogen-bond donors (Lipinski definition) is 1. The Morgan fingerprint density at radius 3 is 2.27 bits per heavy atom. The van der Waals surface area contributed by atoms with Crippen molar-refractivity contribution in [2.75, 3.05) is 33.3 Å². The SMILES string of the molecule is CCOC(=O)CN(C)[C@H](CNS(=O)(=O)c1ccc(C)cc1)CN(Cc1cccc(C)c1)C(=O)C(F)(F)F. The zero-order valence-electron chi connectivity index (χ0n) is 21.2. The van der Waals surface area contributed by atoms with Crippen LogP contribution < -0.4 is 4.72 Å². The molecule has 1 N–H and O–H groups in total. The summed E-state index contributed by atoms with van der Waals surface area (Å²) in [6, 6.07) is 11.8. The summed E-state index contributed by atoms with van der Waals surface area (Å²) >= 11 is 0. The number of nitrogens with one attached hydrogen (secondary N) is 1. The van der Waals surface area contributed by atoms with Gasteiger partial charge in [0.05, 0.1) is 18.0 Å². The van der Waals surface area contributed by atoms with E-state index in [1.54, 1.807) is 57.2 Å². The van der Waals surface area contributed by atoms with Gasteiger partial charge in [-0.15, -0.1) is 0 Å². The van der Waals surface area contributed by atoms with Gasteiger partial charge in [-0.1, -0.05) is 47.5 Å². The van der Waals surface area contributed by atoms with Gasteiger partial charge in [0, 0.05) is 25.7 Å². The number of carbonyl (C=O) groups is 2. The molecule has 2 aromatic rings. The van der Waals surface area contributed by atoms with Crippen LogP contribution >= 0.6 is 0 Å². The topological polar surface area (TPSA) is 96.0 Å². The van der Waals surface area contributed by atoms with Crippen LogP contribution in [0.5, 0.6) is 0 Å². The smallest absolute Gasteiger partial charge is 0.465 e. The van der Waals surface area contributed by atoms with E-state index < -0.39 is 40.7 Å². The lowest BCUT2D eigenvalue weighted by Crippen LogP contribution is -2.53. The highest BCUT2D eigenvalue weighted by atomic mass is 32.2. The van der Waals surface area contributed by atoms with Gasteiger partial charge in [0.1, 0.15) is 0 Å². The Kier molecular flexibility index (Phi) is 10.6. The third kappa shape index (κ3) is 9.45. The second kappa shape index (κ2) is 13.0. The first-order chi connectivity index (χ1) is 17.2. The number of likely N-dealkylation sites (N-methyl/N-ethyl adjacent to an activating group) is 1. The van der Waals surface area contributed by atoms with E-state index in [-0.39, 0.29) is 31.1 Å². The standard InChI is InChI=1S/C25H32F3N3O5S/c1-5-36-23(32)17-30(4)21(14-29-37(34,35)22-11-9-18(2)10-12-22)16-31(24(33)25(26,27)28)15-20-8-6-7-19(3)13-20/h6-13,21,29H,5,14-17H2,1-4H3/t21-/m1/s1. The van der Waals surface area contributed by atoms with Crippen molar-refractivity contribution in [3.63, 3.8) is 0 Å². The minimum atomic E-state index is -5.14. The largest absolute Gasteiger partial charge is 0.471 e. The molecular formula is C25H32F3N3O5S. The molecule has 37 heavy (non-hydrogen) atoms. The fraction of sp³-hybridized carbons (Fsp3) is 0.440. The molecule has 0 radical (unpaired) electrons. The molecule has 0 aromatic heterocycles. The van der Waals surface area contributed by atoms with E-state index in [4.69, 9.17) is 4.74 Å². The van der Waals surface area contributed by atoms with Crippen molar-refractivity contribution in [2.45, 2.75) is 44.4 Å². The van der Waals surface area contributed by atoms with Gasteiger partial charge in [-0.2, -0.15) is 13.2 Å². The lowest BCUT2D eigenvalue weighted by Gasteiger charge is -2.33. The number of alkyl halides is 3. The molecule has 0 unspecified atom stereocenters. The number of esters is 1. The van der Waals surface area contributed by atoms with E-state index in [0.717, 1.165) is 11.1 Å². The van der Waals surface area contributed by atoms with Crippen molar-refractivity contribution < 1.29 is 35.9 Å². The Bertz CT molecular complexity index is 1170. The highest BCUT2D eigenvalue weighted by molar-refractivity contribution is 7.89. The lowest BCUT2D eigenvalue weighted by molar-refractivity contribution is -0.186. The van der Waals surface area contributed by atoms with E-state index in [0.29, 0.717) is 10.5 Å². The highest BCUT2D eigenvalue weighted by Gasteiger charge is 2.43. The molecule has 0 aliphatic heterocycles. The zero-order valence-corrected chi connectivity index (χ0v) is 22.0. The zero-order chi connectivity index (χ0) is 27.8. The summed E-state index contributed by atoms with van der Waals surface area (Å²) in [5.41, 5.74) is 2.13. The predicted octanol–water partition coefficient (Wildman–Crippen LogP) is 3.04. The number of nitrogens with zero attached hydrogens (tertiary/aromatic N) is 2. The van der Waals surface area contributed by atoms with Crippen molar-refractivity contribution >= 4 is 21.9 Å². The maximum atomic E-state index is 13.5. The van der Waals surface area contributed by atoms with E-state index in [1.165, 1.54) is 24.1 Å². The first kappa shape index (κ1) is 30.3. The molecule has 8 nitrogen and oxygen atoms in total. The van der Waals surface area contributed by atoms with Gasteiger partial charge >= 0.3 is 18.1 Å². The Balaban J connectivity index is 2.34. The van der Waals surface area contributed by atoms with Crippen LogP contribution in [0.25, 0.3) is 0 Å². The highest BCUT2D eigenvalue weighted by Crippen LogP contribution is 2.21. The van der Waals surface area contributed by atoms with Crippen LogP contribution in [0, 0.1) is 13.8 Å². The first-order valence-corrected chi connectivity index (χ1v) is 13.0. The average molecular weight is 544 g/mol. The molecule has 204 valence electrons. The maximum absolute atomic E-state index is 13.5. The van der Waals surface area contributed by atoms with Crippen molar-refractivity contribution in [2.24, 2.45) is 0 Å². The minimum Gasteiger partial charge on any atom is -0.465 e. The predicted molar refractivity (Wildman–Crippen MR) is 132 cm³/mol. The molecule has 0 aliphatic rings. The van der Waals surface area contributed by atoms with Gasteiger partial charge in [0.2, 0.25) is 10.0 Å². The Labute approximate surface area is 215 Å². The van der Waals surface area contributed by atoms with Crippen molar-refractivity contribution in [3.05, 3.63) is 65.2 Å². The third-order valence-electron chi connectivity index (χ3n) is 5.56. The summed E-state index contributed by atoms with van der Waals surface area (Å²) in [6.07, 6.45) is -5.14. The monoisotopic (exact) mass is 543 g/mol. The van der Waals surface area contributed by atoms with Crippen LogP contribution in [0.3, 0.4) is 0 Å². The summed E-state index contributed by atoms with van der Waals surface area (Å²) in [5.74, 6) is -2.70. The number of hydrogen-bond acceptors (Lipinski definition) is 6. The molecule has 12 heteroatoms. The minimum absolute atomic E-state index is 0.0205. The third-order valence-corrected chi connectivity index (χ3v) is 7.00. The fourth-order valence-electron chi connectivity index (χ4n) is 3.59. The summed E-state index contributed by atoms with van der Waals surface area (Å²) in [6.45, 7) is 3.75. The number of benzene rings is 2. The molecule has 0 aliphatic carbocycles. The lowest BCUT2D eigenvalue weighted by atomic mass is 10.1. The van der Waals surface area contributed by atoms with Gasteiger partial charge in [-0.3, -0.25) is 14.5 Å². The van der Waals surface area contributed by atoms with Crippen LogP contribution in [0.1, 0.15) is 23.6 Å². The van der Waals surface area contributed by atoms with Crippen molar-refractivity contribution in [3.8, 4) is 0 Å². The Hall–Kier alpha value is -2.96. The van der Waals surface area contributed by atoms with Crippen molar-refractivity contribution in [1.29, 1.82) is 0 Å². The molecule has 0 bridgehead atoms. The van der Waals surface area contributed by atoms with E-state index in [1.807, 2.05) is 0 Å². The second-order valence-electron chi connectivity index (χ2n) is 8.71. The molecule has 0 spiro atoms. The summed E-state index contributed by atoms with van der Waals surface area (Å²) < 4.78 is 73.4. The van der Waals surface area contributed by atoms with E-state index in [9.17, 15) is 31.2 Å². The van der Waals surface area contributed by atoms with Crippen LogP contribution in [0.2, 0.25) is 0 Å². The molecule has 2 rings (SSSR count). The van der Waals surface area contributed by atoms with Gasteiger partial charge in [0.25, 0.3) is 0 Å². The molecule has 0 saturated carbocycles. The quantitative estimate of drug-likeness (QED) is 0.414. The number of ether oxygens (including phenoxy) is 1. The van der Waals surface area contributed by atoms with E-state index >= 15 is 0 Å². The van der Waals surface area contributed by atoms with Gasteiger partial charge in [-0.05, 0) is 45.5 Å². The number of halogens is 3. The van der Waals surface area contributed by atoms with E-state index in [2.05, 4.69) is 4.72 Å². The molecule has 1 atom stereocenters. The van der Waals surface area contributed by atoms with Crippen LogP contribution in [0.4, 0.5) is 13.2 Å².